The molecule has 5 nitrogen and oxygen atoms in total. The van der Waals surface area contributed by atoms with Gasteiger partial charge in [-0.05, 0) is 36.2 Å². The predicted molar refractivity (Wildman–Crippen MR) is 77.4 cm³/mol. The van der Waals surface area contributed by atoms with Crippen LogP contribution in [0.25, 0.3) is 5.57 Å². The van der Waals surface area contributed by atoms with Crippen molar-refractivity contribution in [2.75, 3.05) is 24.5 Å². The third-order valence-electron chi connectivity index (χ3n) is 3.61. The summed E-state index contributed by atoms with van der Waals surface area (Å²) < 4.78 is 0. The zero-order valence-electron chi connectivity index (χ0n) is 11.2. The molecule has 2 N–H and O–H groups in total. The monoisotopic (exact) mass is 271 g/mol. The summed E-state index contributed by atoms with van der Waals surface area (Å²) in [4.78, 5) is 24.7. The Labute approximate surface area is 117 Å². The molecule has 1 fully saturated rings. The predicted octanol–water partition coefficient (Wildman–Crippen LogP) is 1.51. The smallest absolute Gasteiger partial charge is 0.312 e. The molecule has 0 bridgehead atoms. The Balaban J connectivity index is 1.85. The molecular weight excluding hydrogens is 254 g/mol. The summed E-state index contributed by atoms with van der Waals surface area (Å²) in [6.45, 7) is 2.30. The number of benzene rings is 1. The average molecular weight is 271 g/mol. The normalized spacial score (nSPS) is 19.6. The summed E-state index contributed by atoms with van der Waals surface area (Å²) in [7, 11) is 0. The molecule has 0 saturated carbocycles. The van der Waals surface area contributed by atoms with E-state index in [2.05, 4.69) is 22.8 Å². The Kier molecular flexibility index (Phi) is 3.52. The molecule has 0 aromatic heterocycles. The highest BCUT2D eigenvalue weighted by Crippen LogP contribution is 2.24. The number of anilines is 1. The summed E-state index contributed by atoms with van der Waals surface area (Å²) >= 11 is 0. The van der Waals surface area contributed by atoms with E-state index < -0.39 is 0 Å². The molecule has 0 spiro atoms. The fourth-order valence-corrected chi connectivity index (χ4v) is 2.55. The number of nitrogens with zero attached hydrogens (tertiary/aromatic N) is 1. The van der Waals surface area contributed by atoms with Gasteiger partial charge in [0.15, 0.2) is 0 Å². The van der Waals surface area contributed by atoms with E-state index in [1.165, 1.54) is 5.57 Å². The molecule has 2 aliphatic rings. The maximum atomic E-state index is 11.9. The summed E-state index contributed by atoms with van der Waals surface area (Å²) in [5.74, 6) is -0.207. The van der Waals surface area contributed by atoms with Crippen LogP contribution in [0, 0.1) is 0 Å². The van der Waals surface area contributed by atoms with Crippen LogP contribution < -0.4 is 15.5 Å². The van der Waals surface area contributed by atoms with Crippen molar-refractivity contribution in [2.24, 2.45) is 0 Å². The molecule has 2 aliphatic heterocycles. The number of nitrogens with one attached hydrogen (secondary N) is 2. The van der Waals surface area contributed by atoms with Crippen LogP contribution in [0.15, 0.2) is 30.3 Å². The fraction of sp³-hybridized carbons (Fsp3) is 0.333. The molecule has 3 amide bonds. The molecule has 0 atom stereocenters. The first-order valence-corrected chi connectivity index (χ1v) is 6.85. The van der Waals surface area contributed by atoms with Gasteiger partial charge in [0.1, 0.15) is 0 Å². The van der Waals surface area contributed by atoms with Crippen molar-refractivity contribution in [3.63, 3.8) is 0 Å². The van der Waals surface area contributed by atoms with Crippen molar-refractivity contribution in [1.82, 2.24) is 10.6 Å². The van der Waals surface area contributed by atoms with Gasteiger partial charge in [0.25, 0.3) is 0 Å². The number of rotatable bonds is 2. The third-order valence-corrected chi connectivity index (χ3v) is 3.61. The van der Waals surface area contributed by atoms with Crippen LogP contribution in [-0.2, 0) is 4.79 Å². The quantitative estimate of drug-likeness (QED) is 0.857. The number of amides is 3. The van der Waals surface area contributed by atoms with Crippen LogP contribution >= 0.6 is 0 Å². The van der Waals surface area contributed by atoms with Gasteiger partial charge in [-0.1, -0.05) is 18.2 Å². The van der Waals surface area contributed by atoms with E-state index in [4.69, 9.17) is 0 Å². The highest BCUT2D eigenvalue weighted by atomic mass is 16.2. The lowest BCUT2D eigenvalue weighted by atomic mass is 10.0. The summed E-state index contributed by atoms with van der Waals surface area (Å²) in [5, 5.41) is 5.69. The van der Waals surface area contributed by atoms with Gasteiger partial charge in [-0.25, -0.2) is 4.79 Å². The first-order chi connectivity index (χ1) is 9.74. The number of imide groups is 1. The van der Waals surface area contributed by atoms with Crippen LogP contribution in [-0.4, -0.2) is 31.6 Å². The van der Waals surface area contributed by atoms with Crippen LogP contribution in [0.4, 0.5) is 10.5 Å². The van der Waals surface area contributed by atoms with Gasteiger partial charge in [0, 0.05) is 25.2 Å². The van der Waals surface area contributed by atoms with Crippen molar-refractivity contribution in [3.05, 3.63) is 35.9 Å². The second-order valence-electron chi connectivity index (χ2n) is 5.00. The Bertz CT molecular complexity index is 580. The summed E-state index contributed by atoms with van der Waals surface area (Å²) in [6, 6.07) is 7.57. The minimum absolute atomic E-state index is 0.207. The number of urea groups is 1. The van der Waals surface area contributed by atoms with E-state index in [1.807, 2.05) is 18.2 Å². The number of hydrogen-bond acceptors (Lipinski definition) is 3. The molecular formula is C15H17N3O2. The standard InChI is InChI=1S/C15H17N3O2/c19-14-6-8-18(15(20)17-14)13-5-1-3-11(9-13)12-4-2-7-16-10-12/h1,3-5,9,16H,2,6-8,10H2,(H,17,19,20). The Hall–Kier alpha value is -2.14. The Morgan fingerprint density at radius 1 is 1.20 bits per heavy atom. The van der Waals surface area contributed by atoms with Gasteiger partial charge in [-0.2, -0.15) is 0 Å². The fourth-order valence-electron chi connectivity index (χ4n) is 2.55. The Morgan fingerprint density at radius 2 is 2.10 bits per heavy atom. The minimum atomic E-state index is -0.339. The maximum absolute atomic E-state index is 11.9. The lowest BCUT2D eigenvalue weighted by molar-refractivity contribution is -0.120. The molecule has 104 valence electrons. The topological polar surface area (TPSA) is 61.4 Å². The van der Waals surface area contributed by atoms with Gasteiger partial charge < -0.3 is 5.32 Å². The summed E-state index contributed by atoms with van der Waals surface area (Å²) in [5.41, 5.74) is 3.21. The Morgan fingerprint density at radius 3 is 2.85 bits per heavy atom. The van der Waals surface area contributed by atoms with Crippen molar-refractivity contribution < 1.29 is 9.59 Å². The van der Waals surface area contributed by atoms with Crippen molar-refractivity contribution in [1.29, 1.82) is 0 Å². The van der Waals surface area contributed by atoms with Crippen molar-refractivity contribution in [2.45, 2.75) is 12.8 Å². The first kappa shape index (κ1) is 12.9. The zero-order valence-corrected chi connectivity index (χ0v) is 11.2. The summed E-state index contributed by atoms with van der Waals surface area (Å²) in [6.07, 6.45) is 3.61. The first-order valence-electron chi connectivity index (χ1n) is 6.85. The average Bonchev–Trinajstić information content (AvgIpc) is 2.48. The number of carbonyl (C=O) groups is 2. The molecule has 2 heterocycles. The van der Waals surface area contributed by atoms with Crippen molar-refractivity contribution in [3.8, 4) is 0 Å². The van der Waals surface area contributed by atoms with Crippen LogP contribution in [0.3, 0.4) is 0 Å². The van der Waals surface area contributed by atoms with Crippen LogP contribution in [0.2, 0.25) is 0 Å². The van der Waals surface area contributed by atoms with E-state index in [-0.39, 0.29) is 11.9 Å². The molecule has 1 saturated heterocycles. The largest absolute Gasteiger partial charge is 0.328 e. The van der Waals surface area contributed by atoms with Gasteiger partial charge in [0.05, 0.1) is 0 Å². The van der Waals surface area contributed by atoms with Gasteiger partial charge >= 0.3 is 6.03 Å². The molecule has 1 aromatic carbocycles. The zero-order chi connectivity index (χ0) is 13.9. The minimum Gasteiger partial charge on any atom is -0.312 e. The van der Waals surface area contributed by atoms with Gasteiger partial charge in [-0.15, -0.1) is 0 Å². The SMILES string of the molecule is O=C1CCN(c2cccc(C3=CCCNC3)c2)C(=O)N1. The van der Waals surface area contributed by atoms with E-state index in [0.29, 0.717) is 13.0 Å². The highest BCUT2D eigenvalue weighted by molar-refractivity contribution is 6.05. The lowest BCUT2D eigenvalue weighted by Gasteiger charge is -2.27. The van der Waals surface area contributed by atoms with Crippen LogP contribution in [0.1, 0.15) is 18.4 Å². The molecule has 0 unspecified atom stereocenters. The molecule has 0 radical (unpaired) electrons. The number of hydrogen-bond donors (Lipinski definition) is 2. The molecule has 0 aliphatic carbocycles. The second-order valence-corrected chi connectivity index (χ2v) is 5.00. The lowest BCUT2D eigenvalue weighted by Crippen LogP contribution is -2.49. The van der Waals surface area contributed by atoms with E-state index in [0.717, 1.165) is 30.8 Å². The number of carbonyl (C=O) groups excluding carboxylic acids is 2. The van der Waals surface area contributed by atoms with E-state index in [1.54, 1.807) is 4.90 Å². The maximum Gasteiger partial charge on any atom is 0.328 e. The van der Waals surface area contributed by atoms with E-state index in [9.17, 15) is 9.59 Å². The van der Waals surface area contributed by atoms with E-state index >= 15 is 0 Å². The molecule has 5 heteroatoms. The molecule has 1 aromatic rings. The van der Waals surface area contributed by atoms with Gasteiger partial charge in [-0.3, -0.25) is 15.0 Å². The highest BCUT2D eigenvalue weighted by Gasteiger charge is 2.24. The third kappa shape index (κ3) is 2.58. The van der Waals surface area contributed by atoms with Crippen LogP contribution in [0.5, 0.6) is 0 Å². The van der Waals surface area contributed by atoms with Gasteiger partial charge in [0.2, 0.25) is 5.91 Å². The molecule has 3 rings (SSSR count). The second kappa shape index (κ2) is 5.46. The molecule has 20 heavy (non-hydrogen) atoms. The van der Waals surface area contributed by atoms with Crippen molar-refractivity contribution >= 4 is 23.2 Å².